The number of amides is 1. The average molecular weight is 332 g/mol. The molecule has 0 spiro atoms. The molecule has 6 nitrogen and oxygen atoms in total. The van der Waals surface area contributed by atoms with E-state index in [1.807, 2.05) is 6.92 Å². The summed E-state index contributed by atoms with van der Waals surface area (Å²) in [6, 6.07) is 6.26. The minimum Gasteiger partial charge on any atom is -0.486 e. The first-order valence-corrected chi connectivity index (χ1v) is 8.15. The third-order valence-corrected chi connectivity index (χ3v) is 4.10. The van der Waals surface area contributed by atoms with Crippen molar-refractivity contribution in [1.82, 2.24) is 20.8 Å². The van der Waals surface area contributed by atoms with Crippen LogP contribution in [0, 0.1) is 5.82 Å². The monoisotopic (exact) mass is 332 g/mol. The quantitative estimate of drug-likeness (QED) is 0.753. The van der Waals surface area contributed by atoms with Crippen LogP contribution in [0.3, 0.4) is 0 Å². The number of aromatic nitrogens is 2. The van der Waals surface area contributed by atoms with Crippen LogP contribution in [0.15, 0.2) is 24.3 Å². The van der Waals surface area contributed by atoms with Crippen LogP contribution in [0.2, 0.25) is 0 Å². The van der Waals surface area contributed by atoms with Gasteiger partial charge in [-0.2, -0.15) is 5.10 Å². The number of carbonyl (C=O) groups excluding carboxylic acids is 1. The number of hydrogen-bond donors (Lipinski definition) is 3. The van der Waals surface area contributed by atoms with E-state index in [-0.39, 0.29) is 17.8 Å². The van der Waals surface area contributed by atoms with Gasteiger partial charge in [-0.25, -0.2) is 4.39 Å². The molecule has 0 bridgehead atoms. The first-order valence-electron chi connectivity index (χ1n) is 8.15. The molecule has 24 heavy (non-hydrogen) atoms. The van der Waals surface area contributed by atoms with Crippen molar-refractivity contribution in [2.75, 3.05) is 13.1 Å². The van der Waals surface area contributed by atoms with E-state index in [1.54, 1.807) is 18.2 Å². The van der Waals surface area contributed by atoms with Crippen LogP contribution < -0.4 is 15.4 Å². The highest BCUT2D eigenvalue weighted by Gasteiger charge is 2.22. The van der Waals surface area contributed by atoms with Crippen LogP contribution in [0.4, 0.5) is 4.39 Å². The summed E-state index contributed by atoms with van der Waals surface area (Å²) in [5, 5.41) is 13.1. The van der Waals surface area contributed by atoms with E-state index in [4.69, 9.17) is 4.74 Å². The van der Waals surface area contributed by atoms with E-state index >= 15 is 0 Å². The number of nitrogens with zero attached hydrogens (tertiary/aromatic N) is 1. The molecule has 1 unspecified atom stereocenters. The molecule has 0 saturated carbocycles. The summed E-state index contributed by atoms with van der Waals surface area (Å²) in [4.78, 5) is 12.4. The summed E-state index contributed by atoms with van der Waals surface area (Å²) in [6.45, 7) is 3.74. The molecule has 2 aromatic rings. The first-order chi connectivity index (χ1) is 11.7. The van der Waals surface area contributed by atoms with E-state index in [1.165, 1.54) is 6.07 Å². The van der Waals surface area contributed by atoms with Gasteiger partial charge in [-0.3, -0.25) is 9.89 Å². The lowest BCUT2D eigenvalue weighted by atomic mass is 10.1. The molecule has 1 aliphatic heterocycles. The van der Waals surface area contributed by atoms with Gasteiger partial charge in [-0.1, -0.05) is 19.1 Å². The lowest BCUT2D eigenvalue weighted by Gasteiger charge is -2.18. The van der Waals surface area contributed by atoms with Crippen LogP contribution in [-0.4, -0.2) is 35.3 Å². The van der Waals surface area contributed by atoms with Crippen molar-refractivity contribution in [3.8, 4) is 5.75 Å². The number of fused-ring (bicyclic) bond motifs is 1. The number of benzene rings is 1. The molecule has 2 heterocycles. The number of carbonyl (C=O) groups is 1. The molecule has 128 valence electrons. The molecule has 1 aromatic heterocycles. The van der Waals surface area contributed by atoms with Crippen LogP contribution in [-0.2, 0) is 13.0 Å². The van der Waals surface area contributed by atoms with Crippen LogP contribution in [0.5, 0.6) is 5.75 Å². The zero-order valence-corrected chi connectivity index (χ0v) is 13.6. The summed E-state index contributed by atoms with van der Waals surface area (Å²) < 4.78 is 19.3. The molecule has 0 radical (unpaired) electrons. The standard InChI is InChI=1S/C17H21FN4O2/c1-2-11(24-15-6-4-3-5-13(15)18)9-20-17(23)16-12-10-19-8-7-14(12)21-22-16/h3-6,11,19H,2,7-10H2,1H3,(H,20,23)(H,21,22). The Hall–Kier alpha value is -2.41. The topological polar surface area (TPSA) is 79.0 Å². The number of para-hydroxylation sites is 1. The Morgan fingerprint density at radius 1 is 1.46 bits per heavy atom. The highest BCUT2D eigenvalue weighted by atomic mass is 19.1. The molecule has 7 heteroatoms. The van der Waals surface area contributed by atoms with Crippen molar-refractivity contribution < 1.29 is 13.9 Å². The summed E-state index contributed by atoms with van der Waals surface area (Å²) in [7, 11) is 0. The van der Waals surface area contributed by atoms with Crippen molar-refractivity contribution in [1.29, 1.82) is 0 Å². The van der Waals surface area contributed by atoms with E-state index in [9.17, 15) is 9.18 Å². The van der Waals surface area contributed by atoms with Gasteiger partial charge in [0.2, 0.25) is 0 Å². The Morgan fingerprint density at radius 2 is 2.29 bits per heavy atom. The van der Waals surface area contributed by atoms with Crippen LogP contribution in [0.1, 0.15) is 35.1 Å². The second-order valence-corrected chi connectivity index (χ2v) is 5.74. The van der Waals surface area contributed by atoms with Crippen molar-refractivity contribution >= 4 is 5.91 Å². The third-order valence-electron chi connectivity index (χ3n) is 4.10. The maximum absolute atomic E-state index is 13.7. The molecular weight excluding hydrogens is 311 g/mol. The summed E-state index contributed by atoms with van der Waals surface area (Å²) >= 11 is 0. The number of nitrogens with one attached hydrogen (secondary N) is 3. The van der Waals surface area contributed by atoms with E-state index in [0.717, 1.165) is 24.2 Å². The molecular formula is C17H21FN4O2. The van der Waals surface area contributed by atoms with Crippen LogP contribution >= 0.6 is 0 Å². The van der Waals surface area contributed by atoms with Gasteiger partial charge in [0.15, 0.2) is 17.3 Å². The van der Waals surface area contributed by atoms with E-state index in [2.05, 4.69) is 20.8 Å². The maximum atomic E-state index is 13.7. The Bertz CT molecular complexity index is 716. The van der Waals surface area contributed by atoms with Crippen LogP contribution in [0.25, 0.3) is 0 Å². The third kappa shape index (κ3) is 3.56. The fourth-order valence-electron chi connectivity index (χ4n) is 2.69. The summed E-state index contributed by atoms with van der Waals surface area (Å²) in [6.07, 6.45) is 1.18. The zero-order valence-electron chi connectivity index (χ0n) is 13.6. The van der Waals surface area contributed by atoms with Gasteiger partial charge in [0.05, 0.1) is 6.54 Å². The van der Waals surface area contributed by atoms with Gasteiger partial charge in [0.1, 0.15) is 6.10 Å². The SMILES string of the molecule is CCC(CNC(=O)c1n[nH]c2c1CNCC2)Oc1ccccc1F. The number of hydrogen-bond acceptors (Lipinski definition) is 4. The lowest BCUT2D eigenvalue weighted by Crippen LogP contribution is -2.36. The Balaban J connectivity index is 1.60. The van der Waals surface area contributed by atoms with Gasteiger partial charge in [0.25, 0.3) is 5.91 Å². The van der Waals surface area contributed by atoms with Crippen molar-refractivity contribution in [3.05, 3.63) is 47.0 Å². The lowest BCUT2D eigenvalue weighted by molar-refractivity contribution is 0.0918. The minimum atomic E-state index is -0.408. The van der Waals surface area contributed by atoms with Gasteiger partial charge in [-0.15, -0.1) is 0 Å². The highest BCUT2D eigenvalue weighted by molar-refractivity contribution is 5.94. The number of ether oxygens (including phenoxy) is 1. The second-order valence-electron chi connectivity index (χ2n) is 5.74. The number of H-pyrrole nitrogens is 1. The zero-order chi connectivity index (χ0) is 16.9. The maximum Gasteiger partial charge on any atom is 0.272 e. The Morgan fingerprint density at radius 3 is 3.08 bits per heavy atom. The van der Waals surface area contributed by atoms with Crippen molar-refractivity contribution in [2.45, 2.75) is 32.4 Å². The molecule has 0 fully saturated rings. The fraction of sp³-hybridized carbons (Fsp3) is 0.412. The Labute approximate surface area is 139 Å². The smallest absolute Gasteiger partial charge is 0.272 e. The molecule has 1 aliphatic rings. The van der Waals surface area contributed by atoms with Gasteiger partial charge in [0, 0.05) is 30.8 Å². The molecule has 1 amide bonds. The Kier molecular flexibility index (Phi) is 5.10. The minimum absolute atomic E-state index is 0.194. The van der Waals surface area contributed by atoms with E-state index in [0.29, 0.717) is 25.2 Å². The molecule has 0 saturated heterocycles. The number of rotatable bonds is 6. The highest BCUT2D eigenvalue weighted by Crippen LogP contribution is 2.18. The van der Waals surface area contributed by atoms with Crippen molar-refractivity contribution in [3.63, 3.8) is 0 Å². The molecule has 1 atom stereocenters. The number of halogens is 1. The normalized spacial score (nSPS) is 14.8. The molecule has 3 rings (SSSR count). The summed E-state index contributed by atoms with van der Waals surface area (Å²) in [5.74, 6) is -0.457. The second kappa shape index (κ2) is 7.44. The first kappa shape index (κ1) is 16.4. The molecule has 0 aliphatic carbocycles. The van der Waals surface area contributed by atoms with Gasteiger partial charge >= 0.3 is 0 Å². The fourth-order valence-corrected chi connectivity index (χ4v) is 2.69. The van der Waals surface area contributed by atoms with E-state index < -0.39 is 5.82 Å². The van der Waals surface area contributed by atoms with Gasteiger partial charge < -0.3 is 15.4 Å². The largest absolute Gasteiger partial charge is 0.486 e. The average Bonchev–Trinajstić information content (AvgIpc) is 3.04. The molecule has 3 N–H and O–H groups in total. The van der Waals surface area contributed by atoms with Gasteiger partial charge in [-0.05, 0) is 18.6 Å². The molecule has 1 aromatic carbocycles. The number of aromatic amines is 1. The predicted octanol–water partition coefficient (Wildman–Crippen LogP) is 1.78. The predicted molar refractivity (Wildman–Crippen MR) is 87.4 cm³/mol. The summed E-state index contributed by atoms with van der Waals surface area (Å²) in [5.41, 5.74) is 2.34. The van der Waals surface area contributed by atoms with Crippen molar-refractivity contribution in [2.24, 2.45) is 0 Å².